The minimum absolute atomic E-state index is 0.215. The normalized spacial score (nSPS) is 16.1. The summed E-state index contributed by atoms with van der Waals surface area (Å²) in [6.07, 6.45) is 2.38. The number of hydrogen-bond donors (Lipinski definition) is 2. The van der Waals surface area contributed by atoms with Crippen molar-refractivity contribution in [3.05, 3.63) is 24.0 Å². The summed E-state index contributed by atoms with van der Waals surface area (Å²) in [6.45, 7) is 0. The summed E-state index contributed by atoms with van der Waals surface area (Å²) in [5, 5.41) is 0. The van der Waals surface area contributed by atoms with E-state index in [-0.39, 0.29) is 5.82 Å². The van der Waals surface area contributed by atoms with E-state index >= 15 is 0 Å². The zero-order valence-electron chi connectivity index (χ0n) is 7.09. The smallest absolute Gasteiger partial charge is 0.138 e. The largest absolute Gasteiger partial charge is 0.399 e. The maximum atomic E-state index is 13.1. The first-order valence-electron chi connectivity index (χ1n) is 4.23. The van der Waals surface area contributed by atoms with Crippen molar-refractivity contribution in [2.24, 2.45) is 0 Å². The van der Waals surface area contributed by atoms with Gasteiger partial charge in [0.15, 0.2) is 0 Å². The molecule has 0 spiro atoms. The number of nitrogen functional groups attached to an aromatic ring is 1. The van der Waals surface area contributed by atoms with Gasteiger partial charge in [0.2, 0.25) is 0 Å². The summed E-state index contributed by atoms with van der Waals surface area (Å²) in [5.41, 5.74) is 6.14. The van der Waals surface area contributed by atoms with Crippen LogP contribution in [0.5, 0.6) is 0 Å². The molecule has 0 atom stereocenters. The van der Waals surface area contributed by atoms with E-state index in [9.17, 15) is 4.39 Å². The molecule has 2 nitrogen and oxygen atoms in total. The molecule has 1 aliphatic carbocycles. The third-order valence-electron chi connectivity index (χ3n) is 1.87. The highest BCUT2D eigenvalue weighted by Crippen LogP contribution is 2.27. The molecule has 0 saturated heterocycles. The predicted octanol–water partition coefficient (Wildman–Crippen LogP) is 2.17. The summed E-state index contributed by atoms with van der Waals surface area (Å²) >= 11 is 1.33. The standard InChI is InChI=1S/C9H11FN2S/c10-8-4-1-6(11)5-9(8)13-12-7-2-3-7/h1,4-5,7,12H,2-3,11H2. The van der Waals surface area contributed by atoms with Crippen molar-refractivity contribution in [3.8, 4) is 0 Å². The molecule has 0 aliphatic heterocycles. The van der Waals surface area contributed by atoms with Gasteiger partial charge in [-0.25, -0.2) is 4.39 Å². The summed E-state index contributed by atoms with van der Waals surface area (Å²) < 4.78 is 16.3. The average Bonchev–Trinajstić information content (AvgIpc) is 2.90. The van der Waals surface area contributed by atoms with Crippen LogP contribution in [0.2, 0.25) is 0 Å². The second-order valence-electron chi connectivity index (χ2n) is 3.18. The van der Waals surface area contributed by atoms with Crippen LogP contribution in [-0.4, -0.2) is 6.04 Å². The van der Waals surface area contributed by atoms with Gasteiger partial charge in [-0.2, -0.15) is 0 Å². The van der Waals surface area contributed by atoms with Crippen LogP contribution < -0.4 is 10.5 Å². The van der Waals surface area contributed by atoms with Crippen LogP contribution in [-0.2, 0) is 0 Å². The second kappa shape index (κ2) is 3.55. The van der Waals surface area contributed by atoms with Crippen molar-refractivity contribution in [1.82, 2.24) is 4.72 Å². The molecule has 1 aromatic rings. The molecule has 13 heavy (non-hydrogen) atoms. The molecule has 0 unspecified atom stereocenters. The number of halogens is 1. The first kappa shape index (κ1) is 8.84. The molecule has 1 saturated carbocycles. The zero-order chi connectivity index (χ0) is 9.26. The molecule has 1 aliphatic rings. The van der Waals surface area contributed by atoms with Gasteiger partial charge >= 0.3 is 0 Å². The lowest BCUT2D eigenvalue weighted by atomic mass is 10.3. The van der Waals surface area contributed by atoms with Crippen LogP contribution in [0, 0.1) is 5.82 Å². The van der Waals surface area contributed by atoms with E-state index in [0.29, 0.717) is 16.6 Å². The van der Waals surface area contributed by atoms with Crippen molar-refractivity contribution >= 4 is 17.6 Å². The Hall–Kier alpha value is -0.740. The lowest BCUT2D eigenvalue weighted by Gasteiger charge is -2.04. The highest BCUT2D eigenvalue weighted by Gasteiger charge is 2.21. The Bertz CT molecular complexity index is 312. The van der Waals surface area contributed by atoms with E-state index < -0.39 is 0 Å². The van der Waals surface area contributed by atoms with Crippen LogP contribution in [0.4, 0.5) is 10.1 Å². The van der Waals surface area contributed by atoms with Crippen LogP contribution in [0.25, 0.3) is 0 Å². The zero-order valence-corrected chi connectivity index (χ0v) is 7.90. The molecule has 1 fully saturated rings. The van der Waals surface area contributed by atoms with Crippen LogP contribution in [0.15, 0.2) is 23.1 Å². The van der Waals surface area contributed by atoms with Gasteiger partial charge in [0, 0.05) is 11.7 Å². The highest BCUT2D eigenvalue weighted by molar-refractivity contribution is 7.97. The monoisotopic (exact) mass is 198 g/mol. The Morgan fingerprint density at radius 3 is 2.92 bits per heavy atom. The summed E-state index contributed by atoms with van der Waals surface area (Å²) in [5.74, 6) is -0.215. The third-order valence-corrected chi connectivity index (χ3v) is 2.85. The van der Waals surface area contributed by atoms with E-state index in [4.69, 9.17) is 5.73 Å². The van der Waals surface area contributed by atoms with Crippen LogP contribution >= 0.6 is 11.9 Å². The molecule has 4 heteroatoms. The van der Waals surface area contributed by atoms with Gasteiger partial charge in [0.25, 0.3) is 0 Å². The summed E-state index contributed by atoms with van der Waals surface area (Å²) in [4.78, 5) is 0.576. The summed E-state index contributed by atoms with van der Waals surface area (Å²) in [6, 6.07) is 5.17. The van der Waals surface area contributed by atoms with Crippen molar-refractivity contribution in [2.75, 3.05) is 5.73 Å². The van der Waals surface area contributed by atoms with E-state index in [1.807, 2.05) is 0 Å². The molecule has 0 radical (unpaired) electrons. The van der Waals surface area contributed by atoms with Crippen molar-refractivity contribution in [2.45, 2.75) is 23.8 Å². The Morgan fingerprint density at radius 1 is 1.46 bits per heavy atom. The molecule has 0 aromatic heterocycles. The van der Waals surface area contributed by atoms with E-state index in [1.165, 1.54) is 30.9 Å². The number of anilines is 1. The number of nitrogens with one attached hydrogen (secondary N) is 1. The lowest BCUT2D eigenvalue weighted by molar-refractivity contribution is 0.602. The van der Waals surface area contributed by atoms with Gasteiger partial charge in [0.05, 0.1) is 4.90 Å². The number of benzene rings is 1. The quantitative estimate of drug-likeness (QED) is 0.577. The lowest BCUT2D eigenvalue weighted by Crippen LogP contribution is -2.05. The third kappa shape index (κ3) is 2.35. The minimum Gasteiger partial charge on any atom is -0.399 e. The first-order chi connectivity index (χ1) is 6.25. The van der Waals surface area contributed by atoms with Crippen molar-refractivity contribution in [1.29, 1.82) is 0 Å². The predicted molar refractivity (Wildman–Crippen MR) is 52.8 cm³/mol. The molecular formula is C9H11FN2S. The fourth-order valence-corrected chi connectivity index (χ4v) is 1.84. The molecule has 1 aromatic carbocycles. The maximum Gasteiger partial charge on any atom is 0.138 e. The Kier molecular flexibility index (Phi) is 2.42. The van der Waals surface area contributed by atoms with E-state index in [0.717, 1.165) is 0 Å². The van der Waals surface area contributed by atoms with E-state index in [1.54, 1.807) is 12.1 Å². The average molecular weight is 198 g/mol. The molecule has 0 bridgehead atoms. The molecular weight excluding hydrogens is 187 g/mol. The molecule has 0 amide bonds. The van der Waals surface area contributed by atoms with Crippen LogP contribution in [0.1, 0.15) is 12.8 Å². The SMILES string of the molecule is Nc1ccc(F)c(SNC2CC2)c1. The first-order valence-corrected chi connectivity index (χ1v) is 5.05. The van der Waals surface area contributed by atoms with Gasteiger partial charge in [0.1, 0.15) is 5.82 Å². The van der Waals surface area contributed by atoms with Gasteiger partial charge in [-0.05, 0) is 43.0 Å². The molecule has 2 rings (SSSR count). The fourth-order valence-electron chi connectivity index (χ4n) is 0.946. The molecule has 70 valence electrons. The van der Waals surface area contributed by atoms with Gasteiger partial charge in [-0.15, -0.1) is 0 Å². The number of hydrogen-bond acceptors (Lipinski definition) is 3. The minimum atomic E-state index is -0.215. The number of rotatable bonds is 3. The Balaban J connectivity index is 2.03. The van der Waals surface area contributed by atoms with Gasteiger partial charge < -0.3 is 5.73 Å². The second-order valence-corrected chi connectivity index (χ2v) is 4.06. The van der Waals surface area contributed by atoms with Gasteiger partial charge in [-0.3, -0.25) is 4.72 Å². The number of nitrogens with two attached hydrogens (primary N) is 1. The molecule has 3 N–H and O–H groups in total. The Labute approximate surface area is 80.8 Å². The van der Waals surface area contributed by atoms with Crippen molar-refractivity contribution in [3.63, 3.8) is 0 Å². The fraction of sp³-hybridized carbons (Fsp3) is 0.333. The van der Waals surface area contributed by atoms with Crippen LogP contribution in [0.3, 0.4) is 0 Å². The van der Waals surface area contributed by atoms with Gasteiger partial charge in [-0.1, -0.05) is 0 Å². The maximum absolute atomic E-state index is 13.1. The summed E-state index contributed by atoms with van der Waals surface area (Å²) in [7, 11) is 0. The van der Waals surface area contributed by atoms with Crippen molar-refractivity contribution < 1.29 is 4.39 Å². The highest BCUT2D eigenvalue weighted by atomic mass is 32.2. The molecule has 0 heterocycles. The van der Waals surface area contributed by atoms with E-state index in [2.05, 4.69) is 4.72 Å². The topological polar surface area (TPSA) is 38.0 Å². The Morgan fingerprint density at radius 2 is 2.23 bits per heavy atom.